The number of anilines is 2. The van der Waals surface area contributed by atoms with E-state index in [4.69, 9.17) is 9.47 Å². The predicted molar refractivity (Wildman–Crippen MR) is 128 cm³/mol. The van der Waals surface area contributed by atoms with Crippen LogP contribution in [-0.2, 0) is 14.8 Å². The van der Waals surface area contributed by atoms with Crippen LogP contribution in [0.5, 0.6) is 5.75 Å². The lowest BCUT2D eigenvalue weighted by Crippen LogP contribution is -2.33. The van der Waals surface area contributed by atoms with E-state index in [1.165, 1.54) is 24.5 Å². The van der Waals surface area contributed by atoms with Crippen molar-refractivity contribution >= 4 is 43.2 Å². The summed E-state index contributed by atoms with van der Waals surface area (Å²) in [6.07, 6.45) is 2.16. The first kappa shape index (κ1) is 23.0. The summed E-state index contributed by atoms with van der Waals surface area (Å²) in [5.41, 5.74) is 1.31. The zero-order valence-electron chi connectivity index (χ0n) is 17.5. The molecule has 4 rings (SSSR count). The van der Waals surface area contributed by atoms with Gasteiger partial charge in [-0.3, -0.25) is 9.52 Å². The van der Waals surface area contributed by atoms with Crippen LogP contribution in [0.3, 0.4) is 0 Å². The number of rotatable bonds is 7. The molecule has 2 heterocycles. The average Bonchev–Trinajstić information content (AvgIpc) is 2.80. The van der Waals surface area contributed by atoms with E-state index < -0.39 is 16.3 Å². The second-order valence-corrected chi connectivity index (χ2v) is 9.56. The van der Waals surface area contributed by atoms with E-state index in [1.54, 1.807) is 48.5 Å². The molecule has 0 aliphatic carbocycles. The molecule has 8 nitrogen and oxygen atoms in total. The number of sulfonamides is 1. The van der Waals surface area contributed by atoms with Gasteiger partial charge in [0.25, 0.3) is 10.0 Å². The monoisotopic (exact) mass is 529 g/mol. The molecule has 0 saturated carbocycles. The number of hydrogen-bond donors (Lipinski definition) is 2. The third-order valence-corrected chi connectivity index (χ3v) is 6.58. The Hall–Kier alpha value is -3.21. The van der Waals surface area contributed by atoms with Crippen molar-refractivity contribution in [2.24, 2.45) is 0 Å². The first-order valence-corrected chi connectivity index (χ1v) is 12.3. The summed E-state index contributed by atoms with van der Waals surface area (Å²) in [4.78, 5) is 17.1. The van der Waals surface area contributed by atoms with Crippen LogP contribution in [0.25, 0.3) is 0 Å². The van der Waals surface area contributed by atoms with Gasteiger partial charge in [0.2, 0.25) is 12.1 Å². The Balaban J connectivity index is 1.53. The molecule has 2 N–H and O–H groups in total. The number of benzene rings is 2. The van der Waals surface area contributed by atoms with Crippen molar-refractivity contribution in [3.63, 3.8) is 0 Å². The standard InChI is InChI=1S/C23H20BrN3O5S/c1-2-31-23-19(22(28)18-13-15(24)6-11-20(18)32-23)14-26-16-7-9-17(10-8-16)33(29,30)27-21-5-3-4-12-25-21/h3-14,23,26H,2H2,1H3,(H,25,27)/b19-14-. The molecule has 0 radical (unpaired) electrons. The number of pyridine rings is 1. The maximum absolute atomic E-state index is 13.1. The van der Waals surface area contributed by atoms with E-state index in [-0.39, 0.29) is 16.5 Å². The number of nitrogens with zero attached hydrogens (tertiary/aromatic N) is 1. The minimum absolute atomic E-state index is 0.0782. The number of carbonyl (C=O) groups excluding carboxylic acids is 1. The summed E-state index contributed by atoms with van der Waals surface area (Å²) in [6, 6.07) is 16.3. The molecule has 0 bridgehead atoms. The Morgan fingerprint density at radius 3 is 2.64 bits per heavy atom. The topological polar surface area (TPSA) is 107 Å². The Morgan fingerprint density at radius 1 is 1.15 bits per heavy atom. The van der Waals surface area contributed by atoms with Gasteiger partial charge in [-0.15, -0.1) is 0 Å². The van der Waals surface area contributed by atoms with Gasteiger partial charge in [-0.05, 0) is 61.5 Å². The number of ether oxygens (including phenoxy) is 2. The quantitative estimate of drug-likeness (QED) is 0.431. The fraction of sp³-hybridized carbons (Fsp3) is 0.130. The van der Waals surface area contributed by atoms with E-state index >= 15 is 0 Å². The van der Waals surface area contributed by atoms with Crippen LogP contribution in [0.2, 0.25) is 0 Å². The molecule has 33 heavy (non-hydrogen) atoms. The van der Waals surface area contributed by atoms with E-state index in [1.807, 2.05) is 6.92 Å². The van der Waals surface area contributed by atoms with Crippen LogP contribution in [0.1, 0.15) is 17.3 Å². The smallest absolute Gasteiger partial charge is 0.263 e. The predicted octanol–water partition coefficient (Wildman–Crippen LogP) is 4.58. The van der Waals surface area contributed by atoms with Gasteiger partial charge in [0.05, 0.1) is 16.0 Å². The Bertz CT molecular complexity index is 1300. The summed E-state index contributed by atoms with van der Waals surface area (Å²) in [5.74, 6) is 0.463. The molecule has 0 fully saturated rings. The average molecular weight is 530 g/mol. The summed E-state index contributed by atoms with van der Waals surface area (Å²) >= 11 is 3.37. The molecule has 10 heteroatoms. The second kappa shape index (κ2) is 9.74. The largest absolute Gasteiger partial charge is 0.460 e. The van der Waals surface area contributed by atoms with Crippen LogP contribution in [-0.4, -0.2) is 32.1 Å². The van der Waals surface area contributed by atoms with Crippen LogP contribution in [0, 0.1) is 0 Å². The van der Waals surface area contributed by atoms with Gasteiger partial charge < -0.3 is 14.8 Å². The highest BCUT2D eigenvalue weighted by Gasteiger charge is 2.32. The first-order valence-electron chi connectivity index (χ1n) is 10.0. The minimum Gasteiger partial charge on any atom is -0.460 e. The van der Waals surface area contributed by atoms with Crippen LogP contribution < -0.4 is 14.8 Å². The normalized spacial score (nSPS) is 16.7. The van der Waals surface area contributed by atoms with Gasteiger partial charge in [-0.25, -0.2) is 13.4 Å². The van der Waals surface area contributed by atoms with Crippen molar-refractivity contribution in [1.29, 1.82) is 0 Å². The molecule has 0 saturated heterocycles. The third-order valence-electron chi connectivity index (χ3n) is 4.72. The molecule has 1 unspecified atom stereocenters. The van der Waals surface area contributed by atoms with Gasteiger partial charge in [0.15, 0.2) is 0 Å². The van der Waals surface area contributed by atoms with E-state index in [9.17, 15) is 13.2 Å². The van der Waals surface area contributed by atoms with Crippen molar-refractivity contribution in [3.05, 3.63) is 88.7 Å². The van der Waals surface area contributed by atoms with Crippen LogP contribution in [0.15, 0.2) is 88.0 Å². The Labute approximate surface area is 199 Å². The highest BCUT2D eigenvalue weighted by atomic mass is 79.9. The zero-order chi connectivity index (χ0) is 23.4. The molecule has 1 aliphatic rings. The number of ketones is 1. The van der Waals surface area contributed by atoms with Crippen LogP contribution in [0.4, 0.5) is 11.5 Å². The van der Waals surface area contributed by atoms with Crippen LogP contribution >= 0.6 is 15.9 Å². The van der Waals surface area contributed by atoms with Crippen molar-refractivity contribution in [2.45, 2.75) is 18.1 Å². The lowest BCUT2D eigenvalue weighted by atomic mass is 10.00. The Kier molecular flexibility index (Phi) is 6.77. The maximum Gasteiger partial charge on any atom is 0.263 e. The number of Topliss-reactive ketones (excluding diaryl/α,β-unsaturated/α-hetero) is 1. The van der Waals surface area contributed by atoms with Gasteiger partial charge >= 0.3 is 0 Å². The third kappa shape index (κ3) is 5.24. The number of aromatic nitrogens is 1. The number of nitrogens with one attached hydrogen (secondary N) is 2. The summed E-state index contributed by atoms with van der Waals surface area (Å²) in [6.45, 7) is 2.17. The molecule has 2 aromatic carbocycles. The summed E-state index contributed by atoms with van der Waals surface area (Å²) < 4.78 is 39.8. The highest BCUT2D eigenvalue weighted by Crippen LogP contribution is 2.33. The van der Waals surface area contributed by atoms with Crippen molar-refractivity contribution in [2.75, 3.05) is 16.6 Å². The van der Waals surface area contributed by atoms with Gasteiger partial charge in [-0.2, -0.15) is 0 Å². The number of carbonyl (C=O) groups is 1. The van der Waals surface area contributed by atoms with Gasteiger partial charge in [0, 0.05) is 29.2 Å². The van der Waals surface area contributed by atoms with Gasteiger partial charge in [0.1, 0.15) is 11.6 Å². The van der Waals surface area contributed by atoms with Gasteiger partial charge in [-0.1, -0.05) is 22.0 Å². The molecule has 1 aliphatic heterocycles. The Morgan fingerprint density at radius 2 is 1.94 bits per heavy atom. The molecular formula is C23H20BrN3O5S. The van der Waals surface area contributed by atoms with Crippen molar-refractivity contribution < 1.29 is 22.7 Å². The maximum atomic E-state index is 13.1. The summed E-state index contributed by atoms with van der Waals surface area (Å²) in [5, 5.41) is 3.02. The fourth-order valence-electron chi connectivity index (χ4n) is 3.14. The summed E-state index contributed by atoms with van der Waals surface area (Å²) in [7, 11) is -3.78. The second-order valence-electron chi connectivity index (χ2n) is 6.96. The fourth-order valence-corrected chi connectivity index (χ4v) is 4.51. The van der Waals surface area contributed by atoms with E-state index in [2.05, 4.69) is 31.0 Å². The highest BCUT2D eigenvalue weighted by molar-refractivity contribution is 9.10. The molecular weight excluding hydrogens is 510 g/mol. The van der Waals surface area contributed by atoms with Crippen molar-refractivity contribution in [1.82, 2.24) is 4.98 Å². The molecule has 0 amide bonds. The number of halogens is 1. The lowest BCUT2D eigenvalue weighted by Gasteiger charge is -2.27. The molecule has 170 valence electrons. The molecule has 1 atom stereocenters. The van der Waals surface area contributed by atoms with E-state index in [0.717, 1.165) is 4.47 Å². The SMILES string of the molecule is CCOC1Oc2ccc(Br)cc2C(=O)/C1=C/Nc1ccc(S(=O)(=O)Nc2ccccn2)cc1. The molecule has 0 spiro atoms. The minimum atomic E-state index is -3.78. The van der Waals surface area contributed by atoms with Crippen molar-refractivity contribution in [3.8, 4) is 5.75 Å². The molecule has 3 aromatic rings. The lowest BCUT2D eigenvalue weighted by molar-refractivity contribution is -0.0509. The van der Waals surface area contributed by atoms with E-state index in [0.29, 0.717) is 29.2 Å². The first-order chi connectivity index (χ1) is 15.9. The number of fused-ring (bicyclic) bond motifs is 1. The zero-order valence-corrected chi connectivity index (χ0v) is 19.9. The number of hydrogen-bond acceptors (Lipinski definition) is 7. The molecule has 1 aromatic heterocycles.